The molecule has 0 rings (SSSR count). The van der Waals surface area contributed by atoms with E-state index >= 15 is 0 Å². The maximum atomic E-state index is 11.3. The molecule has 4 heteroatoms. The number of carbonyl (C=O) groups excluding carboxylic acids is 1. The molecule has 0 amide bonds. The summed E-state index contributed by atoms with van der Waals surface area (Å²) in [6.07, 6.45) is 10.5. The maximum absolute atomic E-state index is 11.3. The molecule has 0 saturated carbocycles. The predicted molar refractivity (Wildman–Crippen MR) is 85.1 cm³/mol. The van der Waals surface area contributed by atoms with Crippen molar-refractivity contribution in [3.8, 4) is 0 Å². The highest BCUT2D eigenvalue weighted by molar-refractivity contribution is 5.69. The van der Waals surface area contributed by atoms with Crippen molar-refractivity contribution in [3.05, 3.63) is 0 Å². The Morgan fingerprint density at radius 3 is 2.00 bits per heavy atom. The number of hydrogen-bond acceptors (Lipinski definition) is 4. The van der Waals surface area contributed by atoms with Gasteiger partial charge in [0.25, 0.3) is 0 Å². The van der Waals surface area contributed by atoms with Crippen molar-refractivity contribution < 1.29 is 19.7 Å². The number of ether oxygens (including phenoxy) is 1. The van der Waals surface area contributed by atoms with Gasteiger partial charge < -0.3 is 14.9 Å². The molecule has 0 bridgehead atoms. The van der Waals surface area contributed by atoms with Gasteiger partial charge in [0.15, 0.2) is 0 Å². The van der Waals surface area contributed by atoms with Crippen LogP contribution in [0.4, 0.5) is 0 Å². The van der Waals surface area contributed by atoms with E-state index in [0.29, 0.717) is 6.42 Å². The molecule has 126 valence electrons. The van der Waals surface area contributed by atoms with Gasteiger partial charge >= 0.3 is 5.97 Å². The van der Waals surface area contributed by atoms with Gasteiger partial charge in [-0.2, -0.15) is 0 Å². The van der Waals surface area contributed by atoms with E-state index in [1.165, 1.54) is 44.9 Å². The van der Waals surface area contributed by atoms with Crippen molar-refractivity contribution in [2.75, 3.05) is 13.2 Å². The number of hydrogen-bond donors (Lipinski definition) is 2. The average molecular weight is 302 g/mol. The van der Waals surface area contributed by atoms with Gasteiger partial charge in [0.05, 0.1) is 6.61 Å². The zero-order chi connectivity index (χ0) is 15.9. The van der Waals surface area contributed by atoms with Crippen molar-refractivity contribution in [3.63, 3.8) is 0 Å². The highest BCUT2D eigenvalue weighted by Gasteiger charge is 2.07. The molecule has 0 aliphatic carbocycles. The van der Waals surface area contributed by atoms with Crippen LogP contribution in [0.15, 0.2) is 0 Å². The van der Waals surface area contributed by atoms with Crippen molar-refractivity contribution in [1.29, 1.82) is 0 Å². The molecule has 1 atom stereocenters. The molecular formula is C17H34O4. The first-order valence-corrected chi connectivity index (χ1v) is 8.50. The Balaban J connectivity index is 3.19. The lowest BCUT2D eigenvalue weighted by atomic mass is 10.0. The summed E-state index contributed by atoms with van der Waals surface area (Å²) in [6, 6.07) is 0. The van der Waals surface area contributed by atoms with Crippen LogP contribution in [0.1, 0.15) is 78.1 Å². The molecule has 0 aromatic carbocycles. The van der Waals surface area contributed by atoms with Crippen LogP contribution in [0.25, 0.3) is 0 Å². The minimum absolute atomic E-state index is 0.105. The van der Waals surface area contributed by atoms with E-state index in [1.54, 1.807) is 0 Å². The van der Waals surface area contributed by atoms with Crippen LogP contribution >= 0.6 is 0 Å². The molecule has 2 N–H and O–H groups in total. The van der Waals surface area contributed by atoms with E-state index in [2.05, 4.69) is 13.8 Å². The molecule has 0 heterocycles. The fourth-order valence-electron chi connectivity index (χ4n) is 2.20. The van der Waals surface area contributed by atoms with E-state index in [4.69, 9.17) is 14.9 Å². The zero-order valence-corrected chi connectivity index (χ0v) is 13.9. The molecule has 0 aromatic rings. The molecular weight excluding hydrogens is 268 g/mol. The van der Waals surface area contributed by atoms with Crippen molar-refractivity contribution >= 4 is 5.97 Å². The standard InChI is InChI=1S/C17H34O4/c1-15(2)11-9-7-5-3-4-6-8-10-12-17(20)21-14-16(19)13-18/h15-16,18-19H,3-14H2,1-2H3/t16-/m0/s1. The van der Waals surface area contributed by atoms with Crippen LogP contribution in [0.2, 0.25) is 0 Å². The van der Waals surface area contributed by atoms with E-state index in [0.717, 1.165) is 18.8 Å². The molecule has 4 nitrogen and oxygen atoms in total. The van der Waals surface area contributed by atoms with Gasteiger partial charge in [0, 0.05) is 6.42 Å². The minimum Gasteiger partial charge on any atom is -0.463 e. The largest absolute Gasteiger partial charge is 0.463 e. The Labute approximate surface area is 129 Å². The van der Waals surface area contributed by atoms with E-state index in [9.17, 15) is 4.79 Å². The lowest BCUT2D eigenvalue weighted by molar-refractivity contribution is -0.147. The first-order valence-electron chi connectivity index (χ1n) is 8.50. The quantitative estimate of drug-likeness (QED) is 0.381. The SMILES string of the molecule is CC(C)CCCCCCCCCCC(=O)OC[C@@H](O)CO. The van der Waals surface area contributed by atoms with Crippen LogP contribution in [0.5, 0.6) is 0 Å². The monoisotopic (exact) mass is 302 g/mol. The first kappa shape index (κ1) is 20.4. The normalized spacial score (nSPS) is 12.6. The summed E-state index contributed by atoms with van der Waals surface area (Å²) in [5.74, 6) is 0.541. The lowest BCUT2D eigenvalue weighted by Crippen LogP contribution is -2.21. The molecule has 0 aliphatic heterocycles. The Hall–Kier alpha value is -0.610. The molecule has 0 spiro atoms. The second-order valence-corrected chi connectivity index (χ2v) is 6.28. The van der Waals surface area contributed by atoms with Crippen LogP contribution < -0.4 is 0 Å². The van der Waals surface area contributed by atoms with Crippen LogP contribution in [0.3, 0.4) is 0 Å². The highest BCUT2D eigenvalue weighted by Crippen LogP contribution is 2.13. The number of aliphatic hydroxyl groups excluding tert-OH is 2. The smallest absolute Gasteiger partial charge is 0.305 e. The van der Waals surface area contributed by atoms with Gasteiger partial charge in [-0.3, -0.25) is 4.79 Å². The molecule has 0 fully saturated rings. The maximum Gasteiger partial charge on any atom is 0.305 e. The molecule has 0 saturated heterocycles. The summed E-state index contributed by atoms with van der Waals surface area (Å²) >= 11 is 0. The fraction of sp³-hybridized carbons (Fsp3) is 0.941. The third-order valence-corrected chi connectivity index (χ3v) is 3.56. The van der Waals surface area contributed by atoms with Gasteiger partial charge in [0.2, 0.25) is 0 Å². The highest BCUT2D eigenvalue weighted by atomic mass is 16.5. The summed E-state index contributed by atoms with van der Waals surface area (Å²) in [4.78, 5) is 11.3. The number of aliphatic hydroxyl groups is 2. The van der Waals surface area contributed by atoms with Gasteiger partial charge in [0.1, 0.15) is 12.7 Å². The van der Waals surface area contributed by atoms with Gasteiger partial charge in [-0.25, -0.2) is 0 Å². The van der Waals surface area contributed by atoms with E-state index in [-0.39, 0.29) is 19.2 Å². The zero-order valence-electron chi connectivity index (χ0n) is 13.9. The number of unbranched alkanes of at least 4 members (excludes halogenated alkanes) is 7. The Kier molecular flexibility index (Phi) is 13.9. The van der Waals surface area contributed by atoms with Crippen molar-refractivity contribution in [2.45, 2.75) is 84.2 Å². The van der Waals surface area contributed by atoms with Crippen LogP contribution in [-0.2, 0) is 9.53 Å². The predicted octanol–water partition coefficient (Wildman–Crippen LogP) is 3.44. The van der Waals surface area contributed by atoms with Crippen molar-refractivity contribution in [1.82, 2.24) is 0 Å². The average Bonchev–Trinajstić information content (AvgIpc) is 2.46. The first-order chi connectivity index (χ1) is 10.1. The van der Waals surface area contributed by atoms with E-state index in [1.807, 2.05) is 0 Å². The third-order valence-electron chi connectivity index (χ3n) is 3.56. The van der Waals surface area contributed by atoms with Gasteiger partial charge in [-0.1, -0.05) is 65.2 Å². The Morgan fingerprint density at radius 1 is 0.952 bits per heavy atom. The summed E-state index contributed by atoms with van der Waals surface area (Å²) in [6.45, 7) is 4.07. The number of carbonyl (C=O) groups is 1. The second-order valence-electron chi connectivity index (χ2n) is 6.28. The number of rotatable bonds is 14. The number of esters is 1. The fourth-order valence-corrected chi connectivity index (χ4v) is 2.20. The lowest BCUT2D eigenvalue weighted by Gasteiger charge is -2.08. The van der Waals surface area contributed by atoms with Crippen molar-refractivity contribution in [2.24, 2.45) is 5.92 Å². The molecule has 0 aromatic heterocycles. The third kappa shape index (κ3) is 15.6. The van der Waals surface area contributed by atoms with Gasteiger partial charge in [-0.05, 0) is 12.3 Å². The molecule has 0 unspecified atom stereocenters. The summed E-state index contributed by atoms with van der Waals surface area (Å²) in [5, 5.41) is 17.6. The molecule has 21 heavy (non-hydrogen) atoms. The topological polar surface area (TPSA) is 66.8 Å². The second kappa shape index (κ2) is 14.3. The van der Waals surface area contributed by atoms with Crippen LogP contribution in [-0.4, -0.2) is 35.5 Å². The molecule has 0 radical (unpaired) electrons. The minimum atomic E-state index is -0.954. The molecule has 0 aliphatic rings. The van der Waals surface area contributed by atoms with Crippen LogP contribution in [0, 0.1) is 5.92 Å². The summed E-state index contributed by atoms with van der Waals surface area (Å²) < 4.78 is 4.84. The van der Waals surface area contributed by atoms with Gasteiger partial charge in [-0.15, -0.1) is 0 Å². The van der Waals surface area contributed by atoms with E-state index < -0.39 is 6.10 Å². The summed E-state index contributed by atoms with van der Waals surface area (Å²) in [5.41, 5.74) is 0. The summed E-state index contributed by atoms with van der Waals surface area (Å²) in [7, 11) is 0. The Bertz CT molecular complexity index is 241. The Morgan fingerprint density at radius 2 is 1.48 bits per heavy atom.